The molecule has 0 spiro atoms. The summed E-state index contributed by atoms with van der Waals surface area (Å²) < 4.78 is 0. The number of piperidine rings is 1. The van der Waals surface area contributed by atoms with Crippen LogP contribution in [-0.4, -0.2) is 35.1 Å². The summed E-state index contributed by atoms with van der Waals surface area (Å²) in [7, 11) is 0. The van der Waals surface area contributed by atoms with E-state index in [9.17, 15) is 4.79 Å². The van der Waals surface area contributed by atoms with E-state index >= 15 is 0 Å². The molecule has 3 heteroatoms. The lowest BCUT2D eigenvalue weighted by Crippen LogP contribution is -2.40. The number of carboxylic acids is 1. The Bertz CT molecular complexity index is 210. The highest BCUT2D eigenvalue weighted by molar-refractivity contribution is 5.66. The van der Waals surface area contributed by atoms with Gasteiger partial charge in [-0.25, -0.2) is 0 Å². The van der Waals surface area contributed by atoms with Crippen LogP contribution in [0.25, 0.3) is 0 Å². The zero-order valence-corrected chi connectivity index (χ0v) is 10.6. The second kappa shape index (κ2) is 6.89. The number of aliphatic carboxylic acids is 1. The average molecular weight is 227 g/mol. The van der Waals surface area contributed by atoms with Crippen LogP contribution in [0.4, 0.5) is 0 Å². The summed E-state index contributed by atoms with van der Waals surface area (Å²) in [4.78, 5) is 13.0. The van der Waals surface area contributed by atoms with Crippen molar-refractivity contribution >= 4 is 5.97 Å². The Labute approximate surface area is 98.8 Å². The molecule has 1 atom stereocenters. The highest BCUT2D eigenvalue weighted by atomic mass is 16.4. The first-order valence-corrected chi connectivity index (χ1v) is 6.59. The molecule has 3 nitrogen and oxygen atoms in total. The first-order chi connectivity index (χ1) is 7.63. The van der Waals surface area contributed by atoms with E-state index in [0.717, 1.165) is 25.4 Å². The van der Waals surface area contributed by atoms with Gasteiger partial charge in [-0.05, 0) is 45.2 Å². The molecule has 0 aliphatic carbocycles. The molecule has 1 N–H and O–H groups in total. The van der Waals surface area contributed by atoms with Crippen LogP contribution in [0.2, 0.25) is 0 Å². The molecule has 16 heavy (non-hydrogen) atoms. The lowest BCUT2D eigenvalue weighted by molar-refractivity contribution is -0.137. The third-order valence-electron chi connectivity index (χ3n) is 3.75. The second-order valence-electron chi connectivity index (χ2n) is 5.05. The van der Waals surface area contributed by atoms with Gasteiger partial charge in [0.15, 0.2) is 0 Å². The van der Waals surface area contributed by atoms with Crippen LogP contribution in [0.1, 0.15) is 52.4 Å². The highest BCUT2D eigenvalue weighted by Gasteiger charge is 2.22. The first-order valence-electron chi connectivity index (χ1n) is 6.59. The predicted octanol–water partition coefficient (Wildman–Crippen LogP) is 2.75. The summed E-state index contributed by atoms with van der Waals surface area (Å²) in [5.41, 5.74) is 0. The minimum absolute atomic E-state index is 0.302. The van der Waals surface area contributed by atoms with Gasteiger partial charge in [0.2, 0.25) is 0 Å². The van der Waals surface area contributed by atoms with Crippen molar-refractivity contribution in [2.75, 3.05) is 13.1 Å². The quantitative estimate of drug-likeness (QED) is 0.758. The lowest BCUT2D eigenvalue weighted by atomic mass is 9.91. The Kier molecular flexibility index (Phi) is 5.81. The summed E-state index contributed by atoms with van der Waals surface area (Å²) in [5, 5.41) is 8.65. The zero-order chi connectivity index (χ0) is 12.0. The van der Waals surface area contributed by atoms with E-state index in [1.54, 1.807) is 0 Å². The molecule has 1 heterocycles. The van der Waals surface area contributed by atoms with Gasteiger partial charge in [0.05, 0.1) is 0 Å². The fourth-order valence-electron chi connectivity index (χ4n) is 2.61. The maximum absolute atomic E-state index is 10.5. The second-order valence-corrected chi connectivity index (χ2v) is 5.05. The third kappa shape index (κ3) is 4.52. The number of likely N-dealkylation sites (tertiary alicyclic amines) is 1. The topological polar surface area (TPSA) is 40.5 Å². The predicted molar refractivity (Wildman–Crippen MR) is 65.5 cm³/mol. The van der Waals surface area contributed by atoms with Crippen LogP contribution >= 0.6 is 0 Å². The minimum Gasteiger partial charge on any atom is -0.481 e. The maximum atomic E-state index is 10.5. The van der Waals surface area contributed by atoms with Crippen LogP contribution in [0.3, 0.4) is 0 Å². The molecule has 1 saturated heterocycles. The summed E-state index contributed by atoms with van der Waals surface area (Å²) in [5.74, 6) is 0.237. The Morgan fingerprint density at radius 1 is 1.44 bits per heavy atom. The van der Waals surface area contributed by atoms with E-state index in [0.29, 0.717) is 12.5 Å². The average Bonchev–Trinajstić information content (AvgIpc) is 2.27. The van der Waals surface area contributed by atoms with Crippen molar-refractivity contribution in [1.29, 1.82) is 0 Å². The summed E-state index contributed by atoms with van der Waals surface area (Å²) >= 11 is 0. The molecule has 0 aromatic rings. The van der Waals surface area contributed by atoms with E-state index < -0.39 is 5.97 Å². The van der Waals surface area contributed by atoms with Gasteiger partial charge in [-0.15, -0.1) is 0 Å². The first kappa shape index (κ1) is 13.5. The normalized spacial score (nSPS) is 20.9. The molecule has 0 aromatic heterocycles. The number of carboxylic acid groups (broad SMARTS) is 1. The SMILES string of the molecule is CCCC1CCN(C(C)CCC(=O)O)CC1. The third-order valence-corrected chi connectivity index (χ3v) is 3.75. The number of hydrogen-bond donors (Lipinski definition) is 1. The number of nitrogens with zero attached hydrogens (tertiary/aromatic N) is 1. The molecular weight excluding hydrogens is 202 g/mol. The van der Waals surface area contributed by atoms with Gasteiger partial charge in [-0.2, -0.15) is 0 Å². The molecule has 0 aromatic carbocycles. The molecule has 0 saturated carbocycles. The molecule has 0 amide bonds. The smallest absolute Gasteiger partial charge is 0.303 e. The fraction of sp³-hybridized carbons (Fsp3) is 0.923. The van der Waals surface area contributed by atoms with Crippen molar-refractivity contribution in [3.05, 3.63) is 0 Å². The number of rotatable bonds is 6. The van der Waals surface area contributed by atoms with Crippen LogP contribution in [-0.2, 0) is 4.79 Å². The van der Waals surface area contributed by atoms with E-state index in [1.165, 1.54) is 25.7 Å². The van der Waals surface area contributed by atoms with Gasteiger partial charge in [-0.1, -0.05) is 19.8 Å². The molecule has 0 radical (unpaired) electrons. The molecule has 1 fully saturated rings. The highest BCUT2D eigenvalue weighted by Crippen LogP contribution is 2.23. The van der Waals surface area contributed by atoms with Crippen LogP contribution < -0.4 is 0 Å². The fourth-order valence-corrected chi connectivity index (χ4v) is 2.61. The molecule has 1 rings (SSSR count). The zero-order valence-electron chi connectivity index (χ0n) is 10.6. The van der Waals surface area contributed by atoms with Crippen molar-refractivity contribution in [3.8, 4) is 0 Å². The van der Waals surface area contributed by atoms with Crippen LogP contribution in [0.5, 0.6) is 0 Å². The molecular formula is C13H25NO2. The van der Waals surface area contributed by atoms with Gasteiger partial charge < -0.3 is 10.0 Å². The Balaban J connectivity index is 2.21. The summed E-state index contributed by atoms with van der Waals surface area (Å²) in [6.07, 6.45) is 6.33. The molecule has 94 valence electrons. The maximum Gasteiger partial charge on any atom is 0.303 e. The van der Waals surface area contributed by atoms with Crippen molar-refractivity contribution < 1.29 is 9.90 Å². The molecule has 0 bridgehead atoms. The van der Waals surface area contributed by atoms with Gasteiger partial charge >= 0.3 is 5.97 Å². The summed E-state index contributed by atoms with van der Waals surface area (Å²) in [6.45, 7) is 6.72. The van der Waals surface area contributed by atoms with Crippen molar-refractivity contribution in [1.82, 2.24) is 4.90 Å². The molecule has 1 unspecified atom stereocenters. The van der Waals surface area contributed by atoms with E-state index in [2.05, 4.69) is 18.7 Å². The standard InChI is InChI=1S/C13H25NO2/c1-3-4-12-7-9-14(10-8-12)11(2)5-6-13(15)16/h11-12H,3-10H2,1-2H3,(H,15,16). The monoisotopic (exact) mass is 227 g/mol. The number of hydrogen-bond acceptors (Lipinski definition) is 2. The Morgan fingerprint density at radius 3 is 2.56 bits per heavy atom. The van der Waals surface area contributed by atoms with Gasteiger partial charge in [0.1, 0.15) is 0 Å². The van der Waals surface area contributed by atoms with Gasteiger partial charge in [-0.3, -0.25) is 4.79 Å². The van der Waals surface area contributed by atoms with Crippen LogP contribution in [0.15, 0.2) is 0 Å². The van der Waals surface area contributed by atoms with E-state index in [1.807, 2.05) is 0 Å². The summed E-state index contributed by atoms with van der Waals surface area (Å²) in [6, 6.07) is 0.429. The van der Waals surface area contributed by atoms with E-state index in [-0.39, 0.29) is 0 Å². The lowest BCUT2D eigenvalue weighted by Gasteiger charge is -2.36. The van der Waals surface area contributed by atoms with Gasteiger partial charge in [0.25, 0.3) is 0 Å². The number of carbonyl (C=O) groups is 1. The molecule has 1 aliphatic rings. The minimum atomic E-state index is -0.673. The van der Waals surface area contributed by atoms with Crippen LogP contribution in [0, 0.1) is 5.92 Å². The van der Waals surface area contributed by atoms with E-state index in [4.69, 9.17) is 5.11 Å². The Morgan fingerprint density at radius 2 is 2.06 bits per heavy atom. The van der Waals surface area contributed by atoms with Crippen molar-refractivity contribution in [2.24, 2.45) is 5.92 Å². The van der Waals surface area contributed by atoms with Crippen molar-refractivity contribution in [2.45, 2.75) is 58.4 Å². The van der Waals surface area contributed by atoms with Crippen molar-refractivity contribution in [3.63, 3.8) is 0 Å². The van der Waals surface area contributed by atoms with Gasteiger partial charge in [0, 0.05) is 12.5 Å². The molecule has 1 aliphatic heterocycles. The largest absolute Gasteiger partial charge is 0.481 e. The Hall–Kier alpha value is -0.570.